The number of carbonyl (C=O) groups is 1. The Balaban J connectivity index is 2.07. The fourth-order valence-electron chi connectivity index (χ4n) is 1.68. The number of ether oxygens (including phenoxy) is 1. The predicted octanol–water partition coefficient (Wildman–Crippen LogP) is 1.76. The van der Waals surface area contributed by atoms with E-state index in [0.717, 1.165) is 11.4 Å². The molecule has 18 heavy (non-hydrogen) atoms. The molecule has 2 aromatic rings. The van der Waals surface area contributed by atoms with Crippen LogP contribution in [0, 0.1) is 0 Å². The van der Waals surface area contributed by atoms with Crippen molar-refractivity contribution < 1.29 is 9.53 Å². The Hall–Kier alpha value is -2.17. The van der Waals surface area contributed by atoms with Gasteiger partial charge in [-0.1, -0.05) is 23.4 Å². The highest BCUT2D eigenvalue weighted by Gasteiger charge is 2.09. The number of nitrogens with zero attached hydrogens (tertiary/aromatic N) is 3. The lowest BCUT2D eigenvalue weighted by Gasteiger charge is -2.05. The first-order valence-electron chi connectivity index (χ1n) is 5.92. The number of hydrogen-bond donors (Lipinski definition) is 0. The van der Waals surface area contributed by atoms with Crippen molar-refractivity contribution in [3.05, 3.63) is 42.2 Å². The second-order valence-electron chi connectivity index (χ2n) is 3.78. The average molecular weight is 245 g/mol. The van der Waals surface area contributed by atoms with Gasteiger partial charge >= 0.3 is 5.97 Å². The molecule has 0 aliphatic rings. The van der Waals surface area contributed by atoms with Crippen molar-refractivity contribution in [2.75, 3.05) is 6.61 Å². The molecule has 1 aromatic heterocycles. The number of aryl methyl sites for hydroxylation is 1. The number of carbonyl (C=O) groups excluding carboxylic acids is 1. The lowest BCUT2D eigenvalue weighted by Crippen LogP contribution is -2.08. The summed E-state index contributed by atoms with van der Waals surface area (Å²) in [5, 5.41) is 7.91. The topological polar surface area (TPSA) is 57.0 Å². The first-order chi connectivity index (χ1) is 8.81. The van der Waals surface area contributed by atoms with E-state index < -0.39 is 0 Å². The van der Waals surface area contributed by atoms with E-state index in [1.807, 2.05) is 30.3 Å². The summed E-state index contributed by atoms with van der Waals surface area (Å²) in [7, 11) is 0. The van der Waals surface area contributed by atoms with Crippen LogP contribution < -0.4 is 0 Å². The highest BCUT2D eigenvalue weighted by Crippen LogP contribution is 2.10. The fourth-order valence-corrected chi connectivity index (χ4v) is 1.68. The minimum atomic E-state index is -0.196. The van der Waals surface area contributed by atoms with Gasteiger partial charge in [-0.3, -0.25) is 4.79 Å². The highest BCUT2D eigenvalue weighted by molar-refractivity contribution is 5.69. The van der Waals surface area contributed by atoms with Gasteiger partial charge in [0.2, 0.25) is 0 Å². The molecule has 0 saturated carbocycles. The van der Waals surface area contributed by atoms with Gasteiger partial charge in [-0.05, 0) is 19.1 Å². The smallest absolute Gasteiger partial charge is 0.306 e. The van der Waals surface area contributed by atoms with Crippen molar-refractivity contribution in [2.45, 2.75) is 19.8 Å². The molecule has 0 saturated heterocycles. The van der Waals surface area contributed by atoms with Crippen molar-refractivity contribution in [2.24, 2.45) is 0 Å². The maximum absolute atomic E-state index is 11.3. The van der Waals surface area contributed by atoms with Crippen LogP contribution in [-0.4, -0.2) is 27.6 Å². The van der Waals surface area contributed by atoms with Gasteiger partial charge in [0, 0.05) is 6.42 Å². The summed E-state index contributed by atoms with van der Waals surface area (Å²) >= 11 is 0. The van der Waals surface area contributed by atoms with Crippen molar-refractivity contribution in [1.29, 1.82) is 0 Å². The van der Waals surface area contributed by atoms with Gasteiger partial charge in [0.1, 0.15) is 0 Å². The molecule has 2 rings (SSSR count). The Bertz CT molecular complexity index is 508. The van der Waals surface area contributed by atoms with Crippen LogP contribution in [0.5, 0.6) is 0 Å². The number of hydrogen-bond acceptors (Lipinski definition) is 4. The minimum absolute atomic E-state index is 0.196. The maximum Gasteiger partial charge on any atom is 0.306 e. The maximum atomic E-state index is 11.3. The molecule has 94 valence electrons. The molecule has 0 N–H and O–H groups in total. The first-order valence-corrected chi connectivity index (χ1v) is 5.92. The quantitative estimate of drug-likeness (QED) is 0.753. The summed E-state index contributed by atoms with van der Waals surface area (Å²) in [5.74, 6) is -0.196. The minimum Gasteiger partial charge on any atom is -0.466 e. The number of benzene rings is 1. The van der Waals surface area contributed by atoms with Crippen molar-refractivity contribution >= 4 is 5.97 Å². The van der Waals surface area contributed by atoms with Gasteiger partial charge in [0.25, 0.3) is 0 Å². The molecular weight excluding hydrogens is 230 g/mol. The van der Waals surface area contributed by atoms with E-state index in [1.165, 1.54) is 0 Å². The first kappa shape index (κ1) is 12.3. The second kappa shape index (κ2) is 5.95. The van der Waals surface area contributed by atoms with Crippen LogP contribution in [0.1, 0.15) is 19.0 Å². The third kappa shape index (κ3) is 2.94. The third-order valence-corrected chi connectivity index (χ3v) is 2.51. The molecule has 0 spiro atoms. The number of para-hydroxylation sites is 1. The lowest BCUT2D eigenvalue weighted by atomic mass is 10.2. The number of esters is 1. The molecule has 0 fully saturated rings. The van der Waals surface area contributed by atoms with Crippen LogP contribution in [0.15, 0.2) is 36.5 Å². The molecule has 0 unspecified atom stereocenters. The molecule has 5 heteroatoms. The van der Waals surface area contributed by atoms with E-state index in [4.69, 9.17) is 4.74 Å². The van der Waals surface area contributed by atoms with Gasteiger partial charge in [0.15, 0.2) is 0 Å². The number of aromatic nitrogens is 3. The lowest BCUT2D eigenvalue weighted by molar-refractivity contribution is -0.143. The zero-order chi connectivity index (χ0) is 12.8. The fraction of sp³-hybridized carbons (Fsp3) is 0.308. The van der Waals surface area contributed by atoms with Gasteiger partial charge < -0.3 is 4.74 Å². The Morgan fingerprint density at radius 3 is 2.83 bits per heavy atom. The van der Waals surface area contributed by atoms with E-state index in [2.05, 4.69) is 10.3 Å². The normalized spacial score (nSPS) is 10.3. The molecule has 0 bridgehead atoms. The van der Waals surface area contributed by atoms with Crippen LogP contribution in [0.3, 0.4) is 0 Å². The molecule has 0 aliphatic heterocycles. The molecule has 0 amide bonds. The van der Waals surface area contributed by atoms with Gasteiger partial charge in [-0.15, -0.1) is 5.10 Å². The summed E-state index contributed by atoms with van der Waals surface area (Å²) < 4.78 is 6.63. The van der Waals surface area contributed by atoms with E-state index >= 15 is 0 Å². The van der Waals surface area contributed by atoms with Crippen LogP contribution in [-0.2, 0) is 16.0 Å². The van der Waals surface area contributed by atoms with Crippen molar-refractivity contribution in [3.8, 4) is 5.69 Å². The van der Waals surface area contributed by atoms with E-state index in [1.54, 1.807) is 17.8 Å². The molecule has 0 aliphatic carbocycles. The van der Waals surface area contributed by atoms with Crippen LogP contribution in [0.2, 0.25) is 0 Å². The summed E-state index contributed by atoms with van der Waals surface area (Å²) in [6.07, 6.45) is 2.58. The Labute approximate surface area is 105 Å². The Kier molecular flexibility index (Phi) is 4.06. The predicted molar refractivity (Wildman–Crippen MR) is 66.3 cm³/mol. The summed E-state index contributed by atoms with van der Waals surface area (Å²) in [6, 6.07) is 9.71. The van der Waals surface area contributed by atoms with Crippen LogP contribution >= 0.6 is 0 Å². The monoisotopic (exact) mass is 245 g/mol. The standard InChI is InChI=1S/C13H15N3O2/c1-2-18-13(17)9-8-12-10-14-15-16(12)11-6-4-3-5-7-11/h3-7,10H,2,8-9H2,1H3. The summed E-state index contributed by atoms with van der Waals surface area (Å²) in [6.45, 7) is 2.21. The molecule has 0 radical (unpaired) electrons. The van der Waals surface area contributed by atoms with Crippen molar-refractivity contribution in [1.82, 2.24) is 15.0 Å². The summed E-state index contributed by atoms with van der Waals surface area (Å²) in [5.41, 5.74) is 1.84. The summed E-state index contributed by atoms with van der Waals surface area (Å²) in [4.78, 5) is 11.3. The molecule has 1 heterocycles. The third-order valence-electron chi connectivity index (χ3n) is 2.51. The van der Waals surface area contributed by atoms with Crippen molar-refractivity contribution in [3.63, 3.8) is 0 Å². The molecule has 1 aromatic carbocycles. The highest BCUT2D eigenvalue weighted by atomic mass is 16.5. The van der Waals surface area contributed by atoms with Crippen LogP contribution in [0.4, 0.5) is 0 Å². The number of rotatable bonds is 5. The Morgan fingerprint density at radius 2 is 2.11 bits per heavy atom. The van der Waals surface area contributed by atoms with Crippen LogP contribution in [0.25, 0.3) is 5.69 Å². The van der Waals surface area contributed by atoms with Gasteiger partial charge in [-0.2, -0.15) is 0 Å². The van der Waals surface area contributed by atoms with E-state index in [9.17, 15) is 4.79 Å². The average Bonchev–Trinajstić information content (AvgIpc) is 2.86. The van der Waals surface area contributed by atoms with Gasteiger partial charge in [0.05, 0.1) is 30.6 Å². The van der Waals surface area contributed by atoms with Gasteiger partial charge in [-0.25, -0.2) is 4.68 Å². The molecular formula is C13H15N3O2. The Morgan fingerprint density at radius 1 is 1.33 bits per heavy atom. The van der Waals surface area contributed by atoms with E-state index in [0.29, 0.717) is 19.4 Å². The van der Waals surface area contributed by atoms with E-state index in [-0.39, 0.29) is 5.97 Å². The zero-order valence-electron chi connectivity index (χ0n) is 10.2. The zero-order valence-corrected chi connectivity index (χ0v) is 10.2. The SMILES string of the molecule is CCOC(=O)CCc1cnnn1-c1ccccc1. The molecule has 0 atom stereocenters. The second-order valence-corrected chi connectivity index (χ2v) is 3.78. The molecule has 5 nitrogen and oxygen atoms in total. The largest absolute Gasteiger partial charge is 0.466 e.